The average molecular weight is 385 g/mol. The highest BCUT2D eigenvalue weighted by atomic mass is 32.1. The van der Waals surface area contributed by atoms with E-state index in [9.17, 15) is 4.79 Å². The Balaban J connectivity index is 1.42. The topological polar surface area (TPSA) is 59.9 Å². The molecule has 1 amide bonds. The van der Waals surface area contributed by atoms with Gasteiger partial charge in [0.15, 0.2) is 11.5 Å². The van der Waals surface area contributed by atoms with Crippen molar-refractivity contribution in [3.05, 3.63) is 45.1 Å². The summed E-state index contributed by atoms with van der Waals surface area (Å²) in [4.78, 5) is 13.9. The van der Waals surface area contributed by atoms with Gasteiger partial charge in [-0.25, -0.2) is 5.43 Å². The molecule has 0 bridgehead atoms. The first-order chi connectivity index (χ1) is 12.9. The second kappa shape index (κ2) is 7.00. The Morgan fingerprint density at radius 2 is 2.11 bits per heavy atom. The molecule has 0 radical (unpaired) electrons. The van der Waals surface area contributed by atoms with Gasteiger partial charge in [0.05, 0.1) is 11.8 Å². The Morgan fingerprint density at radius 3 is 2.93 bits per heavy atom. The summed E-state index contributed by atoms with van der Waals surface area (Å²) in [5.74, 6) is 1.96. The normalized spacial score (nSPS) is 18.6. The first-order valence-electron chi connectivity index (χ1n) is 9.24. The maximum Gasteiger partial charge on any atom is 0.272 e. The number of hydrogen-bond donors (Lipinski definition) is 1. The summed E-state index contributed by atoms with van der Waals surface area (Å²) in [5, 5.41) is 6.08. The predicted molar refractivity (Wildman–Crippen MR) is 107 cm³/mol. The molecular weight excluding hydrogens is 360 g/mol. The molecule has 0 fully saturated rings. The van der Waals surface area contributed by atoms with Crippen molar-refractivity contribution >= 4 is 23.5 Å². The summed E-state index contributed by atoms with van der Waals surface area (Å²) in [6.45, 7) is 7.14. The van der Waals surface area contributed by atoms with Gasteiger partial charge in [-0.15, -0.1) is 11.3 Å². The number of hydrazone groups is 1. The van der Waals surface area contributed by atoms with Crippen molar-refractivity contribution in [2.45, 2.75) is 40.0 Å². The molecule has 2 heterocycles. The Hall–Kier alpha value is -2.34. The van der Waals surface area contributed by atoms with Crippen LogP contribution in [0.1, 0.15) is 53.6 Å². The molecule has 2 aromatic rings. The molecule has 4 rings (SSSR count). The Bertz CT molecular complexity index is 895. The molecule has 6 heteroatoms. The predicted octanol–water partition coefficient (Wildman–Crippen LogP) is 4.39. The number of carbonyl (C=O) groups excluding carboxylic acids is 1. The number of amides is 1. The van der Waals surface area contributed by atoms with Crippen LogP contribution in [-0.4, -0.2) is 18.9 Å². The minimum Gasteiger partial charge on any atom is -0.454 e. The number of hydrogen-bond acceptors (Lipinski definition) is 5. The summed E-state index contributed by atoms with van der Waals surface area (Å²) in [6, 6.07) is 5.56. The number of nitrogens with zero attached hydrogens (tertiary/aromatic N) is 1. The third-order valence-corrected chi connectivity index (χ3v) is 6.45. The smallest absolute Gasteiger partial charge is 0.272 e. The van der Waals surface area contributed by atoms with E-state index in [0.717, 1.165) is 36.1 Å². The lowest BCUT2D eigenvalue weighted by molar-refractivity contribution is 0.0954. The standard InChI is InChI=1S/C21H24N2O3S/c1-21(2,3)14-5-6-15-16(11-27-19(15)9-14)20(24)23-22-10-13-4-7-17-18(8-13)26-12-25-17/h4,7-8,10-11,14H,5-6,9,12H2,1-3H3,(H,23,24)/t14-/m0/s1. The van der Waals surface area contributed by atoms with E-state index in [1.807, 2.05) is 23.6 Å². The van der Waals surface area contributed by atoms with Crippen LogP contribution in [0.5, 0.6) is 11.5 Å². The number of nitrogens with one attached hydrogen (secondary N) is 1. The van der Waals surface area contributed by atoms with E-state index in [0.29, 0.717) is 17.1 Å². The summed E-state index contributed by atoms with van der Waals surface area (Å²) in [5.41, 5.74) is 5.78. The quantitative estimate of drug-likeness (QED) is 0.631. The summed E-state index contributed by atoms with van der Waals surface area (Å²) in [6.07, 6.45) is 4.79. The van der Waals surface area contributed by atoms with Crippen molar-refractivity contribution < 1.29 is 14.3 Å². The number of benzene rings is 1. The van der Waals surface area contributed by atoms with Gasteiger partial charge in [0.1, 0.15) is 0 Å². The Kier molecular flexibility index (Phi) is 4.68. The van der Waals surface area contributed by atoms with Gasteiger partial charge in [0, 0.05) is 10.3 Å². The van der Waals surface area contributed by atoms with E-state index < -0.39 is 0 Å². The largest absolute Gasteiger partial charge is 0.454 e. The Labute approximate surface area is 163 Å². The monoisotopic (exact) mass is 384 g/mol. The van der Waals surface area contributed by atoms with Crippen LogP contribution in [0.3, 0.4) is 0 Å². The van der Waals surface area contributed by atoms with Crippen molar-refractivity contribution in [1.29, 1.82) is 0 Å². The lowest BCUT2D eigenvalue weighted by atomic mass is 9.72. The van der Waals surface area contributed by atoms with Crippen LogP contribution in [0.4, 0.5) is 0 Å². The molecule has 0 saturated heterocycles. The third kappa shape index (κ3) is 3.72. The molecule has 1 aromatic carbocycles. The molecular formula is C21H24N2O3S. The highest BCUT2D eigenvalue weighted by Gasteiger charge is 2.31. The van der Waals surface area contributed by atoms with E-state index in [1.165, 1.54) is 10.4 Å². The van der Waals surface area contributed by atoms with Crippen LogP contribution >= 0.6 is 11.3 Å². The summed E-state index contributed by atoms with van der Waals surface area (Å²) >= 11 is 1.70. The van der Waals surface area contributed by atoms with Crippen LogP contribution in [0.2, 0.25) is 0 Å². The zero-order valence-corrected chi connectivity index (χ0v) is 16.7. The molecule has 1 aliphatic heterocycles. The lowest BCUT2D eigenvalue weighted by Crippen LogP contribution is -2.27. The lowest BCUT2D eigenvalue weighted by Gasteiger charge is -2.33. The molecule has 5 nitrogen and oxygen atoms in total. The van der Waals surface area contributed by atoms with Crippen molar-refractivity contribution in [2.75, 3.05) is 6.79 Å². The summed E-state index contributed by atoms with van der Waals surface area (Å²) < 4.78 is 10.6. The zero-order chi connectivity index (χ0) is 19.0. The number of ether oxygens (including phenoxy) is 2. The van der Waals surface area contributed by atoms with Gasteiger partial charge in [-0.2, -0.15) is 5.10 Å². The molecule has 0 unspecified atom stereocenters. The molecule has 1 aliphatic carbocycles. The second-order valence-electron chi connectivity index (χ2n) is 8.17. The third-order valence-electron chi connectivity index (χ3n) is 5.40. The van der Waals surface area contributed by atoms with E-state index >= 15 is 0 Å². The zero-order valence-electron chi connectivity index (χ0n) is 15.9. The van der Waals surface area contributed by atoms with Crippen molar-refractivity contribution in [1.82, 2.24) is 5.43 Å². The SMILES string of the molecule is CC(C)(C)[C@H]1CCc2c(C(=O)NN=Cc3ccc4c(c3)OCO4)csc2C1. The van der Waals surface area contributed by atoms with Crippen LogP contribution in [0, 0.1) is 11.3 Å². The number of rotatable bonds is 3. The molecule has 1 atom stereocenters. The van der Waals surface area contributed by atoms with Gasteiger partial charge in [-0.05, 0) is 59.9 Å². The van der Waals surface area contributed by atoms with Crippen molar-refractivity contribution in [3.8, 4) is 11.5 Å². The van der Waals surface area contributed by atoms with Gasteiger partial charge >= 0.3 is 0 Å². The van der Waals surface area contributed by atoms with Crippen LogP contribution < -0.4 is 14.9 Å². The van der Waals surface area contributed by atoms with E-state index in [4.69, 9.17) is 9.47 Å². The summed E-state index contributed by atoms with van der Waals surface area (Å²) in [7, 11) is 0. The molecule has 142 valence electrons. The molecule has 0 spiro atoms. The molecule has 27 heavy (non-hydrogen) atoms. The number of fused-ring (bicyclic) bond motifs is 2. The van der Waals surface area contributed by atoms with Crippen LogP contribution in [0.25, 0.3) is 0 Å². The van der Waals surface area contributed by atoms with Gasteiger partial charge in [0.2, 0.25) is 6.79 Å². The number of carbonyl (C=O) groups is 1. The van der Waals surface area contributed by atoms with Crippen molar-refractivity contribution in [2.24, 2.45) is 16.4 Å². The maximum absolute atomic E-state index is 12.6. The van der Waals surface area contributed by atoms with Gasteiger partial charge < -0.3 is 9.47 Å². The highest BCUT2D eigenvalue weighted by Crippen LogP contribution is 2.40. The second-order valence-corrected chi connectivity index (χ2v) is 9.13. The fourth-order valence-electron chi connectivity index (χ4n) is 3.66. The molecule has 2 aliphatic rings. The molecule has 0 saturated carbocycles. The van der Waals surface area contributed by atoms with E-state index in [2.05, 4.69) is 31.3 Å². The average Bonchev–Trinajstić information content (AvgIpc) is 3.26. The minimum atomic E-state index is -0.140. The maximum atomic E-state index is 12.6. The Morgan fingerprint density at radius 1 is 1.30 bits per heavy atom. The minimum absolute atomic E-state index is 0.140. The van der Waals surface area contributed by atoms with Gasteiger partial charge in [-0.1, -0.05) is 20.8 Å². The first-order valence-corrected chi connectivity index (χ1v) is 10.1. The molecule has 1 aromatic heterocycles. The van der Waals surface area contributed by atoms with Crippen molar-refractivity contribution in [3.63, 3.8) is 0 Å². The van der Waals surface area contributed by atoms with Crippen LogP contribution in [-0.2, 0) is 12.8 Å². The first kappa shape index (κ1) is 18.0. The highest BCUT2D eigenvalue weighted by molar-refractivity contribution is 7.10. The van der Waals surface area contributed by atoms with Crippen LogP contribution in [0.15, 0.2) is 28.7 Å². The fraction of sp³-hybridized carbons (Fsp3) is 0.429. The molecule has 1 N–H and O–H groups in total. The van der Waals surface area contributed by atoms with E-state index in [-0.39, 0.29) is 12.7 Å². The van der Waals surface area contributed by atoms with E-state index in [1.54, 1.807) is 17.6 Å². The van der Waals surface area contributed by atoms with Gasteiger partial charge in [0.25, 0.3) is 5.91 Å². The number of thiophene rings is 1. The van der Waals surface area contributed by atoms with Gasteiger partial charge in [-0.3, -0.25) is 4.79 Å². The fourth-order valence-corrected chi connectivity index (χ4v) is 4.82.